The van der Waals surface area contributed by atoms with Gasteiger partial charge < -0.3 is 0 Å². The standard InChI is InChI=1S/C11H14N3/c1-9-8-11(14(3)12-9)10-6-4-5-7-13(10)2/h4-8H,1-3H3/q+1/p+1. The number of hydrogen-bond donors (Lipinski definition) is 1. The van der Waals surface area contributed by atoms with Crippen molar-refractivity contribution in [2.75, 3.05) is 0 Å². The smallest absolute Gasteiger partial charge is 0.196 e. The third kappa shape index (κ3) is 1.41. The van der Waals surface area contributed by atoms with Gasteiger partial charge in [0.25, 0.3) is 5.69 Å². The largest absolute Gasteiger partial charge is 0.301 e. The van der Waals surface area contributed by atoms with Crippen LogP contribution in [0.5, 0.6) is 0 Å². The van der Waals surface area contributed by atoms with Gasteiger partial charge in [0.05, 0.1) is 5.69 Å². The van der Waals surface area contributed by atoms with E-state index in [0.29, 0.717) is 0 Å². The summed E-state index contributed by atoms with van der Waals surface area (Å²) in [5, 5.41) is 3.24. The molecule has 0 aliphatic rings. The average Bonchev–Trinajstić information content (AvgIpc) is 2.46. The molecule has 0 aromatic carbocycles. The fraction of sp³-hybridized carbons (Fsp3) is 0.273. The molecule has 0 atom stereocenters. The molecule has 0 spiro atoms. The van der Waals surface area contributed by atoms with E-state index in [4.69, 9.17) is 0 Å². The summed E-state index contributed by atoms with van der Waals surface area (Å²) in [4.78, 5) is 0. The Bertz CT molecular complexity index is 457. The van der Waals surface area contributed by atoms with Crippen molar-refractivity contribution in [3.63, 3.8) is 0 Å². The summed E-state index contributed by atoms with van der Waals surface area (Å²) < 4.78 is 4.15. The summed E-state index contributed by atoms with van der Waals surface area (Å²) in [5.41, 5.74) is 3.58. The molecule has 2 heterocycles. The summed E-state index contributed by atoms with van der Waals surface area (Å²) in [6, 6.07) is 8.35. The molecule has 0 amide bonds. The molecule has 0 saturated heterocycles. The highest BCUT2D eigenvalue weighted by Gasteiger charge is 2.20. The van der Waals surface area contributed by atoms with E-state index in [2.05, 4.69) is 48.0 Å². The van der Waals surface area contributed by atoms with Gasteiger partial charge in [-0.1, -0.05) is 0 Å². The zero-order chi connectivity index (χ0) is 10.1. The number of aryl methyl sites for hydroxylation is 3. The van der Waals surface area contributed by atoms with Gasteiger partial charge in [0.15, 0.2) is 13.2 Å². The highest BCUT2D eigenvalue weighted by atomic mass is 15.3. The minimum atomic E-state index is 1.17. The maximum Gasteiger partial charge on any atom is 0.301 e. The Balaban J connectivity index is 2.60. The van der Waals surface area contributed by atoms with Gasteiger partial charge in [-0.2, -0.15) is 9.67 Å². The third-order valence-electron chi connectivity index (χ3n) is 2.38. The molecule has 2 aromatic rings. The van der Waals surface area contributed by atoms with E-state index < -0.39 is 0 Å². The van der Waals surface area contributed by atoms with E-state index in [1.54, 1.807) is 0 Å². The van der Waals surface area contributed by atoms with Crippen LogP contribution in [0.25, 0.3) is 11.4 Å². The number of nitrogens with one attached hydrogen (secondary N) is 1. The van der Waals surface area contributed by atoms with Gasteiger partial charge in [-0.25, -0.2) is 0 Å². The van der Waals surface area contributed by atoms with E-state index in [-0.39, 0.29) is 0 Å². The second-order valence-electron chi connectivity index (χ2n) is 3.58. The fourth-order valence-electron chi connectivity index (χ4n) is 1.69. The quantitative estimate of drug-likeness (QED) is 0.636. The van der Waals surface area contributed by atoms with Crippen molar-refractivity contribution in [2.24, 2.45) is 14.1 Å². The van der Waals surface area contributed by atoms with Crippen molar-refractivity contribution < 1.29 is 9.25 Å². The molecule has 3 heteroatoms. The molecule has 0 bridgehead atoms. The number of nitrogens with zero attached hydrogens (tertiary/aromatic N) is 2. The molecule has 1 N–H and O–H groups in total. The molecule has 2 aromatic heterocycles. The lowest BCUT2D eigenvalue weighted by molar-refractivity contribution is -0.728. The summed E-state index contributed by atoms with van der Waals surface area (Å²) >= 11 is 0. The maximum atomic E-state index is 3.24. The van der Waals surface area contributed by atoms with Gasteiger partial charge in [-0.05, 0) is 13.0 Å². The van der Waals surface area contributed by atoms with Gasteiger partial charge in [0, 0.05) is 18.2 Å². The first-order valence-electron chi connectivity index (χ1n) is 4.69. The minimum Gasteiger partial charge on any atom is -0.196 e. The Morgan fingerprint density at radius 3 is 2.50 bits per heavy atom. The van der Waals surface area contributed by atoms with Gasteiger partial charge in [0.2, 0.25) is 0 Å². The second-order valence-corrected chi connectivity index (χ2v) is 3.58. The molecule has 3 nitrogen and oxygen atoms in total. The van der Waals surface area contributed by atoms with E-state index in [1.165, 1.54) is 17.1 Å². The highest BCUT2D eigenvalue weighted by molar-refractivity contribution is 5.46. The predicted octanol–water partition coefficient (Wildman–Crippen LogP) is 0.639. The summed E-state index contributed by atoms with van der Waals surface area (Å²) in [6.45, 7) is 2.06. The predicted molar refractivity (Wildman–Crippen MR) is 53.3 cm³/mol. The van der Waals surface area contributed by atoms with Crippen LogP contribution >= 0.6 is 0 Å². The van der Waals surface area contributed by atoms with E-state index in [0.717, 1.165) is 0 Å². The van der Waals surface area contributed by atoms with Crippen LogP contribution in [-0.4, -0.2) is 5.10 Å². The minimum absolute atomic E-state index is 1.17. The van der Waals surface area contributed by atoms with Crippen LogP contribution in [0.1, 0.15) is 5.69 Å². The van der Waals surface area contributed by atoms with E-state index in [9.17, 15) is 0 Å². The van der Waals surface area contributed by atoms with Gasteiger partial charge >= 0.3 is 5.69 Å². The first-order valence-corrected chi connectivity index (χ1v) is 4.69. The molecule has 0 aliphatic heterocycles. The average molecular weight is 189 g/mol. The lowest BCUT2D eigenvalue weighted by atomic mass is 10.2. The molecule has 0 fully saturated rings. The second kappa shape index (κ2) is 3.25. The third-order valence-corrected chi connectivity index (χ3v) is 2.38. The molecular weight excluding hydrogens is 174 g/mol. The van der Waals surface area contributed by atoms with Crippen molar-refractivity contribution in [1.82, 2.24) is 5.10 Å². The molecule has 14 heavy (non-hydrogen) atoms. The first kappa shape index (κ1) is 8.94. The molecule has 0 saturated carbocycles. The molecule has 0 aliphatic carbocycles. The normalized spacial score (nSPS) is 10.5. The van der Waals surface area contributed by atoms with Crippen LogP contribution in [0.4, 0.5) is 0 Å². The molecule has 0 unspecified atom stereocenters. The summed E-state index contributed by atoms with van der Waals surface area (Å²) in [7, 11) is 4.08. The lowest BCUT2D eigenvalue weighted by Gasteiger charge is -1.92. The highest BCUT2D eigenvalue weighted by Crippen LogP contribution is 2.09. The number of pyridine rings is 1. The van der Waals surface area contributed by atoms with Crippen molar-refractivity contribution >= 4 is 0 Å². The summed E-state index contributed by atoms with van der Waals surface area (Å²) in [6.07, 6.45) is 2.05. The van der Waals surface area contributed by atoms with E-state index >= 15 is 0 Å². The van der Waals surface area contributed by atoms with Crippen molar-refractivity contribution in [3.8, 4) is 11.4 Å². The van der Waals surface area contributed by atoms with Crippen molar-refractivity contribution in [3.05, 3.63) is 36.2 Å². The van der Waals surface area contributed by atoms with Crippen LogP contribution in [-0.2, 0) is 14.1 Å². The molecule has 72 valence electrons. The van der Waals surface area contributed by atoms with Crippen LogP contribution in [0, 0.1) is 6.92 Å². The Hall–Kier alpha value is -1.64. The van der Waals surface area contributed by atoms with Crippen LogP contribution in [0.15, 0.2) is 30.5 Å². The number of hydrogen-bond acceptors (Lipinski definition) is 0. The van der Waals surface area contributed by atoms with Crippen LogP contribution in [0.3, 0.4) is 0 Å². The number of H-pyrrole nitrogens is 1. The fourth-order valence-corrected chi connectivity index (χ4v) is 1.69. The number of rotatable bonds is 1. The van der Waals surface area contributed by atoms with Gasteiger partial charge in [-0.3, -0.25) is 0 Å². The monoisotopic (exact) mass is 189 g/mol. The Kier molecular flexibility index (Phi) is 2.08. The molecule has 0 radical (unpaired) electrons. The van der Waals surface area contributed by atoms with Gasteiger partial charge in [0.1, 0.15) is 7.05 Å². The number of aromatic nitrogens is 3. The number of aromatic amines is 1. The SMILES string of the molecule is Cc1cc(-c2cccc[n+]2C)[n+](C)[nH]1. The zero-order valence-corrected chi connectivity index (χ0v) is 8.78. The van der Waals surface area contributed by atoms with Crippen LogP contribution in [0.2, 0.25) is 0 Å². The molecular formula is C11H15N3+2. The van der Waals surface area contributed by atoms with Crippen molar-refractivity contribution in [1.29, 1.82) is 0 Å². The van der Waals surface area contributed by atoms with Gasteiger partial charge in [-0.15, -0.1) is 4.68 Å². The Morgan fingerprint density at radius 1 is 1.14 bits per heavy atom. The van der Waals surface area contributed by atoms with Crippen LogP contribution < -0.4 is 9.25 Å². The van der Waals surface area contributed by atoms with E-state index in [1.807, 2.05) is 17.8 Å². The zero-order valence-electron chi connectivity index (χ0n) is 8.78. The first-order chi connectivity index (χ1) is 6.68. The topological polar surface area (TPSA) is 23.5 Å². The Labute approximate surface area is 83.6 Å². The maximum absolute atomic E-state index is 3.24. The molecule has 2 rings (SSSR count). The Morgan fingerprint density at radius 2 is 1.93 bits per heavy atom. The lowest BCUT2D eigenvalue weighted by Crippen LogP contribution is -2.38. The summed E-state index contributed by atoms with van der Waals surface area (Å²) in [5.74, 6) is 0. The van der Waals surface area contributed by atoms with Crippen molar-refractivity contribution in [2.45, 2.75) is 6.92 Å².